The zero-order valence-corrected chi connectivity index (χ0v) is 15.9. The molecule has 2 heteroatoms. The largest absolute Gasteiger partial charge is 0.369 e. The smallest absolute Gasteiger partial charge is 0.119 e. The number of hydrogen-bond donors (Lipinski definition) is 1. The minimum Gasteiger partial charge on any atom is -0.369 e. The van der Waals surface area contributed by atoms with E-state index in [-0.39, 0.29) is 6.04 Å². The maximum Gasteiger partial charge on any atom is 0.119 e. The predicted molar refractivity (Wildman–Crippen MR) is 109 cm³/mol. The summed E-state index contributed by atoms with van der Waals surface area (Å²) in [5.41, 5.74) is 10.0. The van der Waals surface area contributed by atoms with Gasteiger partial charge >= 0.3 is 0 Å². The van der Waals surface area contributed by atoms with Crippen LogP contribution in [0.2, 0.25) is 0 Å². The van der Waals surface area contributed by atoms with Crippen molar-refractivity contribution in [1.82, 2.24) is 0 Å². The first-order chi connectivity index (χ1) is 12.7. The fraction of sp³-hybridized carbons (Fsp3) is 0.417. The van der Waals surface area contributed by atoms with E-state index in [4.69, 9.17) is 10.5 Å². The Morgan fingerprint density at radius 3 is 1.96 bits per heavy atom. The fourth-order valence-electron chi connectivity index (χ4n) is 4.12. The molecule has 0 radical (unpaired) electrons. The maximum atomic E-state index is 6.60. The Labute approximate surface area is 158 Å². The van der Waals surface area contributed by atoms with Crippen LogP contribution < -0.4 is 5.73 Å². The summed E-state index contributed by atoms with van der Waals surface area (Å²) in [6.07, 6.45) is 10.6. The van der Waals surface area contributed by atoms with E-state index in [1.54, 1.807) is 12.7 Å². The van der Waals surface area contributed by atoms with Gasteiger partial charge in [-0.2, -0.15) is 0 Å². The molecule has 0 aliphatic heterocycles. The number of rotatable bonds is 7. The van der Waals surface area contributed by atoms with E-state index in [1.807, 2.05) is 12.1 Å². The van der Waals surface area contributed by atoms with Gasteiger partial charge in [0.15, 0.2) is 0 Å². The summed E-state index contributed by atoms with van der Waals surface area (Å²) in [5, 5.41) is 0. The molecule has 0 saturated heterocycles. The summed E-state index contributed by atoms with van der Waals surface area (Å²) in [6.45, 7) is 0. The number of allylic oxidation sites excluding steroid dienone is 1. The monoisotopic (exact) mass is 349 g/mol. The quantitative estimate of drug-likeness (QED) is 0.663. The van der Waals surface area contributed by atoms with Gasteiger partial charge in [0.1, 0.15) is 5.60 Å². The van der Waals surface area contributed by atoms with Gasteiger partial charge in [0, 0.05) is 19.6 Å². The second-order valence-electron chi connectivity index (χ2n) is 7.39. The third-order valence-electron chi connectivity index (χ3n) is 5.58. The van der Waals surface area contributed by atoms with Crippen LogP contribution in [0.4, 0.5) is 0 Å². The van der Waals surface area contributed by atoms with Crippen molar-refractivity contribution in [3.63, 3.8) is 0 Å². The molecule has 1 saturated carbocycles. The minimum atomic E-state index is -0.507. The molecule has 0 aromatic heterocycles. The van der Waals surface area contributed by atoms with Crippen LogP contribution in [-0.4, -0.2) is 13.2 Å². The van der Waals surface area contributed by atoms with Crippen LogP contribution in [0.5, 0.6) is 0 Å². The average molecular weight is 350 g/mol. The van der Waals surface area contributed by atoms with Crippen molar-refractivity contribution >= 4 is 0 Å². The fourth-order valence-corrected chi connectivity index (χ4v) is 4.12. The molecule has 1 fully saturated rings. The average Bonchev–Trinajstić information content (AvgIpc) is 2.72. The van der Waals surface area contributed by atoms with E-state index in [2.05, 4.69) is 54.6 Å². The van der Waals surface area contributed by atoms with Crippen LogP contribution in [0.1, 0.15) is 56.1 Å². The van der Waals surface area contributed by atoms with Crippen LogP contribution in [0.3, 0.4) is 0 Å². The Morgan fingerprint density at radius 1 is 0.923 bits per heavy atom. The summed E-state index contributed by atoms with van der Waals surface area (Å²) in [6, 6.07) is 21.0. The van der Waals surface area contributed by atoms with Gasteiger partial charge in [-0.3, -0.25) is 0 Å². The lowest BCUT2D eigenvalue weighted by Gasteiger charge is -2.36. The van der Waals surface area contributed by atoms with Gasteiger partial charge in [-0.05, 0) is 43.2 Å². The van der Waals surface area contributed by atoms with Crippen molar-refractivity contribution in [3.8, 4) is 0 Å². The molecule has 1 aliphatic carbocycles. The maximum absolute atomic E-state index is 6.60. The third kappa shape index (κ3) is 4.44. The van der Waals surface area contributed by atoms with Crippen molar-refractivity contribution in [1.29, 1.82) is 0 Å². The highest BCUT2D eigenvalue weighted by molar-refractivity contribution is 5.36. The second kappa shape index (κ2) is 9.16. The first-order valence-corrected chi connectivity index (χ1v) is 9.84. The van der Waals surface area contributed by atoms with Crippen LogP contribution in [0.25, 0.3) is 0 Å². The molecule has 2 aromatic rings. The number of ether oxygens (including phenoxy) is 1. The lowest BCUT2D eigenvalue weighted by molar-refractivity contribution is 0.00910. The molecule has 0 amide bonds. The van der Waals surface area contributed by atoms with Crippen molar-refractivity contribution in [2.24, 2.45) is 5.73 Å². The minimum absolute atomic E-state index is 0.0600. The van der Waals surface area contributed by atoms with E-state index in [0.717, 1.165) is 24.0 Å². The van der Waals surface area contributed by atoms with Crippen molar-refractivity contribution in [2.75, 3.05) is 7.11 Å². The van der Waals surface area contributed by atoms with Gasteiger partial charge in [0.05, 0.1) is 0 Å². The lowest BCUT2D eigenvalue weighted by atomic mass is 9.80. The molecule has 1 aliphatic rings. The number of hydrogen-bond acceptors (Lipinski definition) is 2. The molecular formula is C24H31NO. The second-order valence-corrected chi connectivity index (χ2v) is 7.39. The topological polar surface area (TPSA) is 35.2 Å². The summed E-state index contributed by atoms with van der Waals surface area (Å²) in [4.78, 5) is 0. The van der Waals surface area contributed by atoms with Crippen LogP contribution in [0, 0.1) is 0 Å². The normalized spacial score (nSPS) is 16.3. The predicted octanol–water partition coefficient (Wildman–Crippen LogP) is 5.57. The summed E-state index contributed by atoms with van der Waals surface area (Å²) >= 11 is 0. The first-order valence-electron chi connectivity index (χ1n) is 9.84. The van der Waals surface area contributed by atoms with Crippen LogP contribution in [-0.2, 0) is 10.3 Å². The summed E-state index contributed by atoms with van der Waals surface area (Å²) in [7, 11) is 1.80. The molecule has 138 valence electrons. The van der Waals surface area contributed by atoms with Crippen molar-refractivity contribution in [2.45, 2.75) is 56.6 Å². The van der Waals surface area contributed by atoms with Gasteiger partial charge in [0.2, 0.25) is 0 Å². The molecule has 0 spiro atoms. The Balaban J connectivity index is 1.84. The lowest BCUT2D eigenvalue weighted by Crippen LogP contribution is -2.37. The number of benzene rings is 2. The van der Waals surface area contributed by atoms with E-state index >= 15 is 0 Å². The Hall–Kier alpha value is -1.90. The van der Waals surface area contributed by atoms with E-state index < -0.39 is 5.60 Å². The summed E-state index contributed by atoms with van der Waals surface area (Å²) < 4.78 is 6.17. The van der Waals surface area contributed by atoms with Crippen molar-refractivity contribution in [3.05, 3.63) is 83.4 Å². The molecule has 2 aromatic carbocycles. The first kappa shape index (κ1) is 18.9. The molecule has 26 heavy (non-hydrogen) atoms. The summed E-state index contributed by atoms with van der Waals surface area (Å²) in [5.74, 6) is 0. The van der Waals surface area contributed by atoms with E-state index in [1.165, 1.54) is 32.1 Å². The van der Waals surface area contributed by atoms with Gasteiger partial charge < -0.3 is 10.5 Å². The zero-order valence-electron chi connectivity index (χ0n) is 15.9. The number of nitrogens with two attached hydrogens (primary N) is 1. The van der Waals surface area contributed by atoms with E-state index in [0.29, 0.717) is 0 Å². The van der Waals surface area contributed by atoms with Gasteiger partial charge in [-0.25, -0.2) is 0 Å². The molecular weight excluding hydrogens is 318 g/mol. The van der Waals surface area contributed by atoms with Gasteiger partial charge in [-0.1, -0.05) is 78.7 Å². The molecule has 3 rings (SSSR count). The highest BCUT2D eigenvalue weighted by Gasteiger charge is 2.35. The van der Waals surface area contributed by atoms with Crippen LogP contribution >= 0.6 is 0 Å². The Morgan fingerprint density at radius 2 is 1.46 bits per heavy atom. The molecule has 1 atom stereocenters. The van der Waals surface area contributed by atoms with Crippen LogP contribution in [0.15, 0.2) is 72.3 Å². The number of methoxy groups -OCH3 is 1. The Kier molecular flexibility index (Phi) is 6.65. The SMILES string of the molecule is COC(CC(N)CC=C1CCCCC1)(c1ccccc1)c1ccccc1. The van der Waals surface area contributed by atoms with E-state index in [9.17, 15) is 0 Å². The third-order valence-corrected chi connectivity index (χ3v) is 5.58. The molecule has 2 N–H and O–H groups in total. The van der Waals surface area contributed by atoms with Crippen molar-refractivity contribution < 1.29 is 4.74 Å². The molecule has 1 unspecified atom stereocenters. The molecule has 0 heterocycles. The Bertz CT molecular complexity index is 645. The molecule has 0 bridgehead atoms. The highest BCUT2D eigenvalue weighted by atomic mass is 16.5. The zero-order chi connectivity index (χ0) is 18.2. The molecule has 2 nitrogen and oxygen atoms in total. The van der Waals surface area contributed by atoms with Gasteiger partial charge in [-0.15, -0.1) is 0 Å². The van der Waals surface area contributed by atoms with Gasteiger partial charge in [0.25, 0.3) is 0 Å². The highest BCUT2D eigenvalue weighted by Crippen LogP contribution is 2.38. The standard InChI is InChI=1S/C24H31NO/c1-26-24(21-13-7-3-8-14-21,22-15-9-4-10-16-22)19-23(25)18-17-20-11-5-2-6-12-20/h3-4,7-10,13-17,23H,2,5-6,11-12,18-19,25H2,1H3.